The van der Waals surface area contributed by atoms with Crippen LogP contribution < -0.4 is 4.90 Å². The van der Waals surface area contributed by atoms with Gasteiger partial charge in [0, 0.05) is 43.3 Å². The van der Waals surface area contributed by atoms with Crippen LogP contribution in [0.5, 0.6) is 0 Å². The Kier molecular flexibility index (Phi) is 5.60. The van der Waals surface area contributed by atoms with E-state index in [9.17, 15) is 9.59 Å². The van der Waals surface area contributed by atoms with E-state index in [1.54, 1.807) is 6.26 Å². The summed E-state index contributed by atoms with van der Waals surface area (Å²) >= 11 is 0. The molecule has 2 aromatic rings. The van der Waals surface area contributed by atoms with Crippen LogP contribution in [0.15, 0.2) is 41.0 Å². The lowest BCUT2D eigenvalue weighted by atomic mass is 9.93. The molecule has 2 atom stereocenters. The fourth-order valence-electron chi connectivity index (χ4n) is 4.66. The summed E-state index contributed by atoms with van der Waals surface area (Å²) in [6.45, 7) is 4.16. The first-order valence-electron chi connectivity index (χ1n) is 10.4. The zero-order chi connectivity index (χ0) is 20.4. The van der Waals surface area contributed by atoms with Gasteiger partial charge in [0.1, 0.15) is 0 Å². The minimum atomic E-state index is -0.776. The molecule has 154 valence electrons. The van der Waals surface area contributed by atoms with Crippen molar-refractivity contribution in [2.45, 2.75) is 51.6 Å². The van der Waals surface area contributed by atoms with Gasteiger partial charge in [-0.2, -0.15) is 0 Å². The number of furan rings is 1. The first kappa shape index (κ1) is 19.6. The number of benzene rings is 1. The Hall–Kier alpha value is -2.76. The van der Waals surface area contributed by atoms with E-state index in [4.69, 9.17) is 9.52 Å². The van der Waals surface area contributed by atoms with Crippen molar-refractivity contribution in [3.8, 4) is 0 Å². The maximum absolute atomic E-state index is 13.2. The van der Waals surface area contributed by atoms with Crippen LogP contribution >= 0.6 is 0 Å². The first-order valence-corrected chi connectivity index (χ1v) is 10.4. The van der Waals surface area contributed by atoms with E-state index in [1.807, 2.05) is 11.0 Å². The lowest BCUT2D eigenvalue weighted by Crippen LogP contribution is -2.40. The molecule has 2 aliphatic heterocycles. The van der Waals surface area contributed by atoms with Crippen LogP contribution in [-0.2, 0) is 17.8 Å². The minimum absolute atomic E-state index is 0.0786. The van der Waals surface area contributed by atoms with E-state index < -0.39 is 5.97 Å². The zero-order valence-corrected chi connectivity index (χ0v) is 16.8. The molecule has 1 N–H and O–H groups in total. The summed E-state index contributed by atoms with van der Waals surface area (Å²) in [5.74, 6) is -0.194. The number of nitrogens with zero attached hydrogens (tertiary/aromatic N) is 2. The van der Waals surface area contributed by atoms with Gasteiger partial charge < -0.3 is 19.3 Å². The van der Waals surface area contributed by atoms with Crippen LogP contribution in [-0.4, -0.2) is 41.0 Å². The molecule has 6 nitrogen and oxygen atoms in total. The highest BCUT2D eigenvalue weighted by atomic mass is 16.4. The van der Waals surface area contributed by atoms with Crippen molar-refractivity contribution in [1.82, 2.24) is 4.90 Å². The Labute approximate surface area is 171 Å². The number of carbonyl (C=O) groups is 2. The highest BCUT2D eigenvalue weighted by Crippen LogP contribution is 2.34. The van der Waals surface area contributed by atoms with Gasteiger partial charge in [-0.15, -0.1) is 0 Å². The number of carboxylic acids is 1. The van der Waals surface area contributed by atoms with Gasteiger partial charge >= 0.3 is 5.97 Å². The molecule has 3 heterocycles. The molecule has 1 amide bonds. The normalized spacial score (nSPS) is 21.3. The third kappa shape index (κ3) is 4.16. The average Bonchev–Trinajstić information content (AvgIpc) is 3.31. The van der Waals surface area contributed by atoms with Gasteiger partial charge in [-0.3, -0.25) is 9.59 Å². The summed E-state index contributed by atoms with van der Waals surface area (Å²) in [5.41, 5.74) is 3.48. The van der Waals surface area contributed by atoms with Crippen molar-refractivity contribution in [2.24, 2.45) is 5.92 Å². The second-order valence-electron chi connectivity index (χ2n) is 8.28. The van der Waals surface area contributed by atoms with Gasteiger partial charge in [0.2, 0.25) is 0 Å². The number of hydrogen-bond donors (Lipinski definition) is 1. The largest absolute Gasteiger partial charge is 0.481 e. The molecule has 1 aromatic carbocycles. The van der Waals surface area contributed by atoms with Crippen LogP contribution in [0.3, 0.4) is 0 Å². The smallest absolute Gasteiger partial charge is 0.303 e. The predicted octanol–water partition coefficient (Wildman–Crippen LogP) is 3.95. The topological polar surface area (TPSA) is 74.0 Å². The first-order chi connectivity index (χ1) is 14.0. The summed E-state index contributed by atoms with van der Waals surface area (Å²) in [6, 6.07) is 10.7. The molecule has 1 aromatic heterocycles. The third-order valence-electron chi connectivity index (χ3n) is 6.20. The van der Waals surface area contributed by atoms with Crippen LogP contribution in [0.2, 0.25) is 0 Å². The van der Waals surface area contributed by atoms with Crippen LogP contribution in [0, 0.1) is 5.92 Å². The van der Waals surface area contributed by atoms with E-state index in [0.29, 0.717) is 37.9 Å². The molecule has 1 fully saturated rings. The average molecular weight is 396 g/mol. The van der Waals surface area contributed by atoms with Crippen LogP contribution in [0.1, 0.15) is 54.3 Å². The van der Waals surface area contributed by atoms with Gasteiger partial charge in [0.05, 0.1) is 6.26 Å². The van der Waals surface area contributed by atoms with Crippen molar-refractivity contribution in [2.75, 3.05) is 18.0 Å². The molecule has 0 radical (unpaired) electrons. The second-order valence-corrected chi connectivity index (χ2v) is 8.28. The number of aliphatic carboxylic acids is 1. The SMILES string of the molecule is CC1Cc2ccccc2N1Cc1ccoc1C(=O)N1CCCC(CCC(=O)O)C1. The Balaban J connectivity index is 1.46. The van der Waals surface area contributed by atoms with E-state index in [0.717, 1.165) is 24.8 Å². The van der Waals surface area contributed by atoms with Gasteiger partial charge in [-0.1, -0.05) is 18.2 Å². The highest BCUT2D eigenvalue weighted by molar-refractivity contribution is 5.93. The molecule has 0 aliphatic carbocycles. The molecule has 1 saturated heterocycles. The zero-order valence-electron chi connectivity index (χ0n) is 16.8. The summed E-state index contributed by atoms with van der Waals surface area (Å²) < 4.78 is 5.63. The number of anilines is 1. The molecule has 2 aliphatic rings. The highest BCUT2D eigenvalue weighted by Gasteiger charge is 2.31. The van der Waals surface area contributed by atoms with Crippen molar-refractivity contribution in [3.05, 3.63) is 53.5 Å². The number of piperidine rings is 1. The van der Waals surface area contributed by atoms with Crippen molar-refractivity contribution < 1.29 is 19.1 Å². The van der Waals surface area contributed by atoms with Crippen molar-refractivity contribution in [3.63, 3.8) is 0 Å². The van der Waals surface area contributed by atoms with Gasteiger partial charge in [0.25, 0.3) is 5.91 Å². The van der Waals surface area contributed by atoms with Gasteiger partial charge in [0.15, 0.2) is 5.76 Å². The van der Waals surface area contributed by atoms with E-state index >= 15 is 0 Å². The molecule has 2 unspecified atom stereocenters. The standard InChI is InChI=1S/C23H28N2O4/c1-16-13-18-6-2-3-7-20(18)25(16)15-19-10-12-29-22(19)23(28)24-11-4-5-17(14-24)8-9-21(26)27/h2-3,6-7,10,12,16-17H,4-5,8-9,11,13-15H2,1H3,(H,26,27). The van der Waals surface area contributed by atoms with Crippen molar-refractivity contribution in [1.29, 1.82) is 0 Å². The fourth-order valence-corrected chi connectivity index (χ4v) is 4.66. The number of likely N-dealkylation sites (tertiary alicyclic amines) is 1. The van der Waals surface area contributed by atoms with E-state index in [1.165, 1.54) is 11.3 Å². The summed E-state index contributed by atoms with van der Waals surface area (Å²) in [4.78, 5) is 28.2. The summed E-state index contributed by atoms with van der Waals surface area (Å²) in [7, 11) is 0. The molecule has 0 spiro atoms. The number of para-hydroxylation sites is 1. The molecular weight excluding hydrogens is 368 g/mol. The Morgan fingerprint density at radius 2 is 2.07 bits per heavy atom. The maximum Gasteiger partial charge on any atom is 0.303 e. The number of hydrogen-bond acceptors (Lipinski definition) is 4. The predicted molar refractivity (Wildman–Crippen MR) is 110 cm³/mol. The van der Waals surface area contributed by atoms with Crippen LogP contribution in [0.25, 0.3) is 0 Å². The lowest BCUT2D eigenvalue weighted by Gasteiger charge is -2.32. The Bertz CT molecular complexity index is 891. The quantitative estimate of drug-likeness (QED) is 0.800. The van der Waals surface area contributed by atoms with E-state index in [-0.39, 0.29) is 18.2 Å². The Morgan fingerprint density at radius 1 is 1.24 bits per heavy atom. The maximum atomic E-state index is 13.2. The molecule has 4 rings (SSSR count). The minimum Gasteiger partial charge on any atom is -0.481 e. The third-order valence-corrected chi connectivity index (χ3v) is 6.20. The number of carboxylic acid groups (broad SMARTS) is 1. The second kappa shape index (κ2) is 8.31. The molecule has 6 heteroatoms. The van der Waals surface area contributed by atoms with Gasteiger partial charge in [-0.05, 0) is 56.2 Å². The number of carbonyl (C=O) groups excluding carboxylic acids is 1. The summed E-state index contributed by atoms with van der Waals surface area (Å²) in [5, 5.41) is 8.93. The Morgan fingerprint density at radius 3 is 2.90 bits per heavy atom. The van der Waals surface area contributed by atoms with Crippen LogP contribution in [0.4, 0.5) is 5.69 Å². The monoisotopic (exact) mass is 396 g/mol. The fraction of sp³-hybridized carbons (Fsp3) is 0.478. The molecule has 0 saturated carbocycles. The lowest BCUT2D eigenvalue weighted by molar-refractivity contribution is -0.137. The number of rotatable bonds is 6. The molecular formula is C23H28N2O4. The van der Waals surface area contributed by atoms with Crippen molar-refractivity contribution >= 4 is 17.6 Å². The number of amides is 1. The molecule has 29 heavy (non-hydrogen) atoms. The molecule has 0 bridgehead atoms. The number of fused-ring (bicyclic) bond motifs is 1. The summed E-state index contributed by atoms with van der Waals surface area (Å²) in [6.07, 6.45) is 5.26. The van der Waals surface area contributed by atoms with Gasteiger partial charge in [-0.25, -0.2) is 0 Å². The van der Waals surface area contributed by atoms with E-state index in [2.05, 4.69) is 36.1 Å².